The Morgan fingerprint density at radius 3 is 3.00 bits per heavy atom. The molecule has 2 nitrogen and oxygen atoms in total. The molecule has 0 spiro atoms. The Balaban J connectivity index is 2.01. The molecule has 0 N–H and O–H groups in total. The molecule has 0 aliphatic carbocycles. The van der Waals surface area contributed by atoms with E-state index < -0.39 is 0 Å². The van der Waals surface area contributed by atoms with Crippen LogP contribution in [0.3, 0.4) is 0 Å². The maximum Gasteiger partial charge on any atom is 0.0916 e. The number of rotatable bonds is 1. The van der Waals surface area contributed by atoms with Crippen molar-refractivity contribution < 1.29 is 9.47 Å². The van der Waals surface area contributed by atoms with Crippen LogP contribution in [-0.2, 0) is 9.47 Å². The van der Waals surface area contributed by atoms with Gasteiger partial charge in [0.25, 0.3) is 0 Å². The van der Waals surface area contributed by atoms with Crippen LogP contribution >= 0.6 is 0 Å². The van der Waals surface area contributed by atoms with Gasteiger partial charge in [0, 0.05) is 6.61 Å². The highest BCUT2D eigenvalue weighted by Gasteiger charge is 2.42. The summed E-state index contributed by atoms with van der Waals surface area (Å²) in [4.78, 5) is 0. The van der Waals surface area contributed by atoms with Crippen molar-refractivity contribution in [1.82, 2.24) is 0 Å². The van der Waals surface area contributed by atoms with Gasteiger partial charge in [-0.05, 0) is 39.5 Å². The summed E-state index contributed by atoms with van der Waals surface area (Å²) in [7, 11) is 0. The van der Waals surface area contributed by atoms with Crippen LogP contribution in [0.1, 0.15) is 39.5 Å². The molecule has 0 bridgehead atoms. The molecule has 0 aromatic heterocycles. The van der Waals surface area contributed by atoms with E-state index in [0.717, 1.165) is 32.3 Å². The molecule has 2 heteroatoms. The van der Waals surface area contributed by atoms with E-state index in [2.05, 4.69) is 26.0 Å². The van der Waals surface area contributed by atoms with E-state index in [-0.39, 0.29) is 5.60 Å². The lowest BCUT2D eigenvalue weighted by molar-refractivity contribution is -0.206. The highest BCUT2D eigenvalue weighted by atomic mass is 16.6. The molecule has 2 fully saturated rings. The summed E-state index contributed by atoms with van der Waals surface area (Å²) >= 11 is 0. The summed E-state index contributed by atoms with van der Waals surface area (Å²) in [5.41, 5.74) is -0.00364. The van der Waals surface area contributed by atoms with Crippen LogP contribution in [0.5, 0.6) is 0 Å². The summed E-state index contributed by atoms with van der Waals surface area (Å²) in [6, 6.07) is 0. The SMILES string of the molecule is C/C=C/[C@H]1CC[C@@]2(C)OCCC[C@@H]2O1. The third-order valence-corrected chi connectivity index (χ3v) is 3.39. The van der Waals surface area contributed by atoms with E-state index in [0.29, 0.717) is 12.2 Å². The zero-order valence-electron chi connectivity index (χ0n) is 9.16. The fraction of sp³-hybridized carbons (Fsp3) is 0.833. The van der Waals surface area contributed by atoms with Gasteiger partial charge in [-0.3, -0.25) is 0 Å². The Hall–Kier alpha value is -0.340. The van der Waals surface area contributed by atoms with Gasteiger partial charge in [0.2, 0.25) is 0 Å². The topological polar surface area (TPSA) is 18.5 Å². The van der Waals surface area contributed by atoms with Crippen molar-refractivity contribution in [3.05, 3.63) is 12.2 Å². The van der Waals surface area contributed by atoms with Gasteiger partial charge in [0.15, 0.2) is 0 Å². The molecule has 14 heavy (non-hydrogen) atoms. The Bertz CT molecular complexity index is 224. The van der Waals surface area contributed by atoms with Crippen LogP contribution in [0.15, 0.2) is 12.2 Å². The summed E-state index contributed by atoms with van der Waals surface area (Å²) < 4.78 is 11.9. The molecule has 0 unspecified atom stereocenters. The molecule has 0 saturated carbocycles. The molecule has 2 aliphatic heterocycles. The molecule has 0 aromatic carbocycles. The highest BCUT2D eigenvalue weighted by molar-refractivity contribution is 4.98. The van der Waals surface area contributed by atoms with E-state index in [1.165, 1.54) is 0 Å². The molecule has 2 rings (SSSR count). The largest absolute Gasteiger partial charge is 0.373 e. The lowest BCUT2D eigenvalue weighted by Crippen LogP contribution is -2.52. The van der Waals surface area contributed by atoms with Crippen LogP contribution in [0.25, 0.3) is 0 Å². The van der Waals surface area contributed by atoms with Gasteiger partial charge in [-0.25, -0.2) is 0 Å². The maximum atomic E-state index is 6.02. The first-order valence-electron chi connectivity index (χ1n) is 5.67. The second kappa shape index (κ2) is 4.03. The van der Waals surface area contributed by atoms with Gasteiger partial charge in [-0.1, -0.05) is 12.2 Å². The summed E-state index contributed by atoms with van der Waals surface area (Å²) in [5, 5.41) is 0. The third kappa shape index (κ3) is 1.86. The van der Waals surface area contributed by atoms with E-state index in [1.807, 2.05) is 0 Å². The van der Waals surface area contributed by atoms with E-state index in [4.69, 9.17) is 9.47 Å². The minimum absolute atomic E-state index is 0.00364. The summed E-state index contributed by atoms with van der Waals surface area (Å²) in [5.74, 6) is 0. The molecule has 2 saturated heterocycles. The first kappa shape index (κ1) is 10.2. The Morgan fingerprint density at radius 1 is 1.36 bits per heavy atom. The first-order chi connectivity index (χ1) is 6.74. The predicted octanol–water partition coefficient (Wildman–Crippen LogP) is 2.68. The number of fused-ring (bicyclic) bond motifs is 1. The lowest BCUT2D eigenvalue weighted by Gasteiger charge is -2.46. The Labute approximate surface area is 86.3 Å². The summed E-state index contributed by atoms with van der Waals surface area (Å²) in [6.45, 7) is 5.15. The fourth-order valence-electron chi connectivity index (χ4n) is 2.48. The number of hydrogen-bond acceptors (Lipinski definition) is 2. The van der Waals surface area contributed by atoms with Gasteiger partial charge < -0.3 is 9.47 Å². The van der Waals surface area contributed by atoms with Crippen LogP contribution < -0.4 is 0 Å². The van der Waals surface area contributed by atoms with Gasteiger partial charge in [-0.15, -0.1) is 0 Å². The minimum Gasteiger partial charge on any atom is -0.373 e. The average molecular weight is 196 g/mol. The minimum atomic E-state index is -0.00364. The second-order valence-corrected chi connectivity index (χ2v) is 4.53. The van der Waals surface area contributed by atoms with E-state index >= 15 is 0 Å². The normalized spacial score (nSPS) is 43.9. The second-order valence-electron chi connectivity index (χ2n) is 4.53. The monoisotopic (exact) mass is 196 g/mol. The van der Waals surface area contributed by atoms with Crippen LogP contribution in [-0.4, -0.2) is 24.4 Å². The van der Waals surface area contributed by atoms with Crippen molar-refractivity contribution in [2.75, 3.05) is 6.61 Å². The molecule has 0 amide bonds. The lowest BCUT2D eigenvalue weighted by atomic mass is 9.84. The van der Waals surface area contributed by atoms with E-state index in [1.54, 1.807) is 0 Å². The Morgan fingerprint density at radius 2 is 2.21 bits per heavy atom. The van der Waals surface area contributed by atoms with Crippen molar-refractivity contribution in [2.24, 2.45) is 0 Å². The van der Waals surface area contributed by atoms with Crippen LogP contribution in [0.4, 0.5) is 0 Å². The smallest absolute Gasteiger partial charge is 0.0916 e. The molecule has 80 valence electrons. The van der Waals surface area contributed by atoms with Gasteiger partial charge in [0.05, 0.1) is 17.8 Å². The van der Waals surface area contributed by atoms with Gasteiger partial charge in [0.1, 0.15) is 0 Å². The van der Waals surface area contributed by atoms with E-state index in [9.17, 15) is 0 Å². The average Bonchev–Trinajstić information content (AvgIpc) is 2.19. The Kier molecular flexibility index (Phi) is 2.93. The molecular formula is C12H20O2. The highest BCUT2D eigenvalue weighted by Crippen LogP contribution is 2.37. The number of allylic oxidation sites excluding steroid dienone is 1. The zero-order chi connectivity index (χ0) is 10.0. The van der Waals surface area contributed by atoms with Crippen molar-refractivity contribution in [3.8, 4) is 0 Å². The standard InChI is InChI=1S/C12H20O2/c1-3-5-10-7-8-12(2)11(14-10)6-4-9-13-12/h3,5,10-11H,4,6-9H2,1-2H3/b5-3+/t10-,11-,12+/m0/s1. The number of ether oxygens (including phenoxy) is 2. The molecule has 2 aliphatic rings. The molecule has 0 aromatic rings. The van der Waals surface area contributed by atoms with Crippen LogP contribution in [0.2, 0.25) is 0 Å². The fourth-order valence-corrected chi connectivity index (χ4v) is 2.48. The predicted molar refractivity (Wildman–Crippen MR) is 56.3 cm³/mol. The molecular weight excluding hydrogens is 176 g/mol. The van der Waals surface area contributed by atoms with Crippen molar-refractivity contribution >= 4 is 0 Å². The van der Waals surface area contributed by atoms with Gasteiger partial charge >= 0.3 is 0 Å². The van der Waals surface area contributed by atoms with Crippen molar-refractivity contribution in [1.29, 1.82) is 0 Å². The summed E-state index contributed by atoms with van der Waals surface area (Å²) in [6.07, 6.45) is 9.40. The first-order valence-corrected chi connectivity index (χ1v) is 5.67. The van der Waals surface area contributed by atoms with Crippen molar-refractivity contribution in [2.45, 2.75) is 57.3 Å². The maximum absolute atomic E-state index is 6.02. The van der Waals surface area contributed by atoms with Gasteiger partial charge in [-0.2, -0.15) is 0 Å². The molecule has 0 radical (unpaired) electrons. The molecule has 2 heterocycles. The molecule has 3 atom stereocenters. The number of hydrogen-bond donors (Lipinski definition) is 0. The zero-order valence-corrected chi connectivity index (χ0v) is 9.16. The van der Waals surface area contributed by atoms with Crippen molar-refractivity contribution in [3.63, 3.8) is 0 Å². The quantitative estimate of drug-likeness (QED) is 0.600. The van der Waals surface area contributed by atoms with Crippen LogP contribution in [0, 0.1) is 0 Å². The third-order valence-electron chi connectivity index (χ3n) is 3.39.